The van der Waals surface area contributed by atoms with Gasteiger partial charge in [0.05, 0.1) is 6.07 Å². The van der Waals surface area contributed by atoms with Crippen LogP contribution in [-0.4, -0.2) is 0 Å². The lowest BCUT2D eigenvalue weighted by atomic mass is 9.90. The van der Waals surface area contributed by atoms with E-state index in [0.29, 0.717) is 18.3 Å². The van der Waals surface area contributed by atoms with Crippen LogP contribution in [0, 0.1) is 23.2 Å². The molecule has 0 amide bonds. The van der Waals surface area contributed by atoms with Gasteiger partial charge in [-0.3, -0.25) is 0 Å². The van der Waals surface area contributed by atoms with Crippen LogP contribution in [0.5, 0.6) is 0 Å². The molecule has 1 unspecified atom stereocenters. The summed E-state index contributed by atoms with van der Waals surface area (Å²) in [6, 6.07) is 2.18. The summed E-state index contributed by atoms with van der Waals surface area (Å²) in [6.07, 6.45) is 5.81. The van der Waals surface area contributed by atoms with Crippen LogP contribution in [-0.2, 0) is 0 Å². The molecule has 0 saturated heterocycles. The van der Waals surface area contributed by atoms with E-state index in [2.05, 4.69) is 32.6 Å². The second-order valence-electron chi connectivity index (χ2n) is 3.81. The number of hydrogen-bond donors (Lipinski definition) is 0. The van der Waals surface area contributed by atoms with Crippen LogP contribution < -0.4 is 0 Å². The van der Waals surface area contributed by atoms with Crippen LogP contribution in [0.2, 0.25) is 0 Å². The van der Waals surface area contributed by atoms with Crippen molar-refractivity contribution in [2.24, 2.45) is 11.8 Å². The molecule has 0 heterocycles. The first-order valence-electron chi connectivity index (χ1n) is 4.78. The van der Waals surface area contributed by atoms with Crippen LogP contribution in [0.15, 0.2) is 24.3 Å². The van der Waals surface area contributed by atoms with Crippen molar-refractivity contribution in [3.05, 3.63) is 24.3 Å². The molecule has 1 nitrogen and oxygen atoms in total. The predicted octanol–water partition coefficient (Wildman–Crippen LogP) is 3.69. The Labute approximate surface area is 81.8 Å². The Morgan fingerprint density at radius 3 is 2.54 bits per heavy atom. The molecular formula is C12H19N. The summed E-state index contributed by atoms with van der Waals surface area (Å²) in [4.78, 5) is 0. The lowest BCUT2D eigenvalue weighted by Crippen LogP contribution is -2.04. The third-order valence-corrected chi connectivity index (χ3v) is 2.07. The molecule has 0 radical (unpaired) electrons. The molecule has 0 aromatic rings. The Morgan fingerprint density at radius 1 is 1.54 bits per heavy atom. The first-order chi connectivity index (χ1) is 6.07. The Bertz CT molecular complexity index is 218. The van der Waals surface area contributed by atoms with Crippen molar-refractivity contribution in [3.8, 4) is 6.07 Å². The molecule has 1 atom stereocenters. The van der Waals surface area contributed by atoms with E-state index in [0.717, 1.165) is 12.0 Å². The quantitative estimate of drug-likeness (QED) is 0.587. The maximum atomic E-state index is 8.48. The van der Waals surface area contributed by atoms with Crippen LogP contribution in [0.25, 0.3) is 0 Å². The molecule has 0 saturated carbocycles. The zero-order valence-electron chi connectivity index (χ0n) is 8.88. The van der Waals surface area contributed by atoms with Gasteiger partial charge in [0.15, 0.2) is 0 Å². The average molecular weight is 177 g/mol. The monoisotopic (exact) mass is 177 g/mol. The Hall–Kier alpha value is -1.03. The molecule has 0 rings (SSSR count). The molecule has 1 heteroatoms. The van der Waals surface area contributed by atoms with Crippen molar-refractivity contribution in [2.45, 2.75) is 33.6 Å². The Kier molecular flexibility index (Phi) is 5.97. The van der Waals surface area contributed by atoms with Gasteiger partial charge in [0.2, 0.25) is 0 Å². The first kappa shape index (κ1) is 12.0. The van der Waals surface area contributed by atoms with Gasteiger partial charge in [-0.1, -0.05) is 38.2 Å². The third-order valence-electron chi connectivity index (χ3n) is 2.07. The highest BCUT2D eigenvalue weighted by Gasteiger charge is 2.08. The third kappa shape index (κ3) is 6.16. The lowest BCUT2D eigenvalue weighted by Gasteiger charge is -2.14. The van der Waals surface area contributed by atoms with Crippen molar-refractivity contribution in [1.82, 2.24) is 0 Å². The highest BCUT2D eigenvalue weighted by atomic mass is 14.2. The minimum atomic E-state index is 0.511. The Morgan fingerprint density at radius 2 is 2.15 bits per heavy atom. The van der Waals surface area contributed by atoms with Gasteiger partial charge in [0.1, 0.15) is 0 Å². The number of allylic oxidation sites excluding steroid dienone is 3. The minimum Gasteiger partial charge on any atom is -0.198 e. The van der Waals surface area contributed by atoms with Crippen LogP contribution in [0.3, 0.4) is 0 Å². The fraction of sp³-hybridized carbons (Fsp3) is 0.583. The van der Waals surface area contributed by atoms with Gasteiger partial charge in [-0.05, 0) is 25.2 Å². The molecule has 0 bridgehead atoms. The summed E-state index contributed by atoms with van der Waals surface area (Å²) in [5.74, 6) is 1.11. The van der Waals surface area contributed by atoms with Crippen molar-refractivity contribution in [2.75, 3.05) is 0 Å². The summed E-state index contributed by atoms with van der Waals surface area (Å²) in [6.45, 7) is 10.2. The normalized spacial score (nSPS) is 13.2. The summed E-state index contributed by atoms with van der Waals surface area (Å²) in [7, 11) is 0. The molecule has 0 aliphatic carbocycles. The first-order valence-corrected chi connectivity index (χ1v) is 4.78. The van der Waals surface area contributed by atoms with E-state index in [-0.39, 0.29) is 0 Å². The standard InChI is InChI=1S/C12H19N/c1-10(2)7-8-12(11(3)4)6-5-9-13/h7-8,11-12H,1,5-6H2,2-4H3/b8-7+. The highest BCUT2D eigenvalue weighted by Crippen LogP contribution is 2.18. The van der Waals surface area contributed by atoms with Crippen LogP contribution >= 0.6 is 0 Å². The van der Waals surface area contributed by atoms with E-state index in [9.17, 15) is 0 Å². The van der Waals surface area contributed by atoms with Gasteiger partial charge in [-0.2, -0.15) is 5.26 Å². The molecule has 0 aromatic heterocycles. The zero-order chi connectivity index (χ0) is 10.3. The molecule has 0 aromatic carbocycles. The Balaban J connectivity index is 4.11. The second-order valence-corrected chi connectivity index (χ2v) is 3.81. The molecule has 0 N–H and O–H groups in total. The van der Waals surface area contributed by atoms with Crippen molar-refractivity contribution in [3.63, 3.8) is 0 Å². The van der Waals surface area contributed by atoms with Gasteiger partial charge in [-0.25, -0.2) is 0 Å². The van der Waals surface area contributed by atoms with Gasteiger partial charge >= 0.3 is 0 Å². The van der Waals surface area contributed by atoms with E-state index in [1.807, 2.05) is 13.0 Å². The van der Waals surface area contributed by atoms with E-state index >= 15 is 0 Å². The van der Waals surface area contributed by atoms with E-state index in [1.165, 1.54) is 0 Å². The fourth-order valence-electron chi connectivity index (χ4n) is 1.17. The molecule has 0 fully saturated rings. The number of nitrogens with zero attached hydrogens (tertiary/aromatic N) is 1. The number of hydrogen-bond acceptors (Lipinski definition) is 1. The predicted molar refractivity (Wildman–Crippen MR) is 57.1 cm³/mol. The van der Waals surface area contributed by atoms with E-state index in [4.69, 9.17) is 5.26 Å². The number of rotatable bonds is 5. The average Bonchev–Trinajstić information content (AvgIpc) is 2.03. The zero-order valence-corrected chi connectivity index (χ0v) is 8.88. The van der Waals surface area contributed by atoms with E-state index < -0.39 is 0 Å². The summed E-state index contributed by atoms with van der Waals surface area (Å²) in [5.41, 5.74) is 1.07. The van der Waals surface area contributed by atoms with Gasteiger partial charge in [-0.15, -0.1) is 0 Å². The van der Waals surface area contributed by atoms with E-state index in [1.54, 1.807) is 0 Å². The molecule has 0 aliphatic rings. The van der Waals surface area contributed by atoms with Gasteiger partial charge in [0.25, 0.3) is 0 Å². The van der Waals surface area contributed by atoms with Crippen molar-refractivity contribution >= 4 is 0 Å². The van der Waals surface area contributed by atoms with Gasteiger partial charge < -0.3 is 0 Å². The SMILES string of the molecule is C=C(C)/C=C/C(CCC#N)C(C)C. The smallest absolute Gasteiger partial charge is 0.0621 e. The number of nitriles is 1. The van der Waals surface area contributed by atoms with Crippen LogP contribution in [0.1, 0.15) is 33.6 Å². The molecule has 0 aliphatic heterocycles. The topological polar surface area (TPSA) is 23.8 Å². The maximum absolute atomic E-state index is 8.48. The summed E-state index contributed by atoms with van der Waals surface area (Å²) < 4.78 is 0. The maximum Gasteiger partial charge on any atom is 0.0621 e. The molecule has 72 valence electrons. The summed E-state index contributed by atoms with van der Waals surface area (Å²) in [5, 5.41) is 8.48. The summed E-state index contributed by atoms with van der Waals surface area (Å²) >= 11 is 0. The van der Waals surface area contributed by atoms with Gasteiger partial charge in [0, 0.05) is 6.42 Å². The minimum absolute atomic E-state index is 0.511. The van der Waals surface area contributed by atoms with Crippen molar-refractivity contribution in [1.29, 1.82) is 5.26 Å². The van der Waals surface area contributed by atoms with Crippen molar-refractivity contribution < 1.29 is 0 Å². The molecule has 0 spiro atoms. The fourth-order valence-corrected chi connectivity index (χ4v) is 1.17. The van der Waals surface area contributed by atoms with Crippen LogP contribution in [0.4, 0.5) is 0 Å². The molecule has 13 heavy (non-hydrogen) atoms. The second kappa shape index (κ2) is 6.48. The largest absolute Gasteiger partial charge is 0.198 e. The lowest BCUT2D eigenvalue weighted by molar-refractivity contribution is 0.441. The molecular weight excluding hydrogens is 158 g/mol. The highest BCUT2D eigenvalue weighted by molar-refractivity contribution is 5.12.